The van der Waals surface area contributed by atoms with Crippen LogP contribution in [-0.2, 0) is 11.2 Å². The van der Waals surface area contributed by atoms with Gasteiger partial charge in [-0.25, -0.2) is 4.39 Å². The van der Waals surface area contributed by atoms with E-state index in [0.717, 1.165) is 60.9 Å². The first-order valence-electron chi connectivity index (χ1n) is 12.7. The zero-order valence-corrected chi connectivity index (χ0v) is 20.8. The lowest BCUT2D eigenvalue weighted by Crippen LogP contribution is -2.42. The van der Waals surface area contributed by atoms with Crippen LogP contribution in [0, 0.1) is 17.7 Å². The average Bonchev–Trinajstić information content (AvgIpc) is 2.88. The Morgan fingerprint density at radius 1 is 1.22 bits per heavy atom. The Labute approximate surface area is 211 Å². The van der Waals surface area contributed by atoms with Crippen molar-refractivity contribution in [3.8, 4) is 5.75 Å². The number of aliphatic carboxylic acids is 1. The van der Waals surface area contributed by atoms with Gasteiger partial charge in [-0.2, -0.15) is 0 Å². The number of aliphatic hydroxyl groups excluding tert-OH is 1. The van der Waals surface area contributed by atoms with Crippen molar-refractivity contribution in [2.45, 2.75) is 44.6 Å². The van der Waals surface area contributed by atoms with Crippen LogP contribution in [-0.4, -0.2) is 52.8 Å². The van der Waals surface area contributed by atoms with Gasteiger partial charge >= 0.3 is 5.97 Å². The van der Waals surface area contributed by atoms with Gasteiger partial charge in [0.25, 0.3) is 0 Å². The number of carboxylic acids is 1. The quantitative estimate of drug-likeness (QED) is 0.379. The van der Waals surface area contributed by atoms with E-state index in [1.807, 2.05) is 36.4 Å². The number of nitrogens with zero attached hydrogens (tertiary/aromatic N) is 2. The number of likely N-dealkylation sites (tertiary alicyclic amines) is 1. The summed E-state index contributed by atoms with van der Waals surface area (Å²) >= 11 is 0. The fraction of sp³-hybridized carbons (Fsp3) is 0.448. The van der Waals surface area contributed by atoms with Crippen molar-refractivity contribution in [2.75, 3.05) is 26.7 Å². The van der Waals surface area contributed by atoms with Gasteiger partial charge in [-0.05, 0) is 98.5 Å². The van der Waals surface area contributed by atoms with Gasteiger partial charge in [0.2, 0.25) is 0 Å². The number of carboxylic acid groups (broad SMARTS) is 1. The molecule has 2 heterocycles. The Hall–Kier alpha value is -3.03. The number of aromatic nitrogens is 1. The molecule has 4 rings (SSSR count). The molecule has 2 N–H and O–H groups in total. The van der Waals surface area contributed by atoms with Crippen LogP contribution >= 0.6 is 0 Å². The highest BCUT2D eigenvalue weighted by Crippen LogP contribution is 2.35. The molecule has 0 aliphatic carbocycles. The molecule has 3 atom stereocenters. The molecule has 1 saturated heterocycles. The minimum absolute atomic E-state index is 0.0335. The van der Waals surface area contributed by atoms with E-state index in [2.05, 4.69) is 9.88 Å². The van der Waals surface area contributed by atoms with Crippen LogP contribution in [0.2, 0.25) is 0 Å². The van der Waals surface area contributed by atoms with E-state index in [-0.39, 0.29) is 24.1 Å². The van der Waals surface area contributed by atoms with E-state index in [1.54, 1.807) is 19.4 Å². The lowest BCUT2D eigenvalue weighted by atomic mass is 9.79. The highest BCUT2D eigenvalue weighted by molar-refractivity contribution is 5.83. The van der Waals surface area contributed by atoms with Crippen molar-refractivity contribution in [3.05, 3.63) is 71.7 Å². The van der Waals surface area contributed by atoms with Crippen LogP contribution in [0.15, 0.2) is 54.7 Å². The van der Waals surface area contributed by atoms with Crippen molar-refractivity contribution in [1.82, 2.24) is 9.88 Å². The predicted molar refractivity (Wildman–Crippen MR) is 137 cm³/mol. The Kier molecular flexibility index (Phi) is 8.88. The summed E-state index contributed by atoms with van der Waals surface area (Å²) in [5.74, 6) is 0.0326. The van der Waals surface area contributed by atoms with Crippen molar-refractivity contribution < 1.29 is 24.1 Å². The number of aliphatic hydroxyl groups is 1. The van der Waals surface area contributed by atoms with E-state index < -0.39 is 12.1 Å². The third-order valence-electron chi connectivity index (χ3n) is 7.44. The van der Waals surface area contributed by atoms with Crippen LogP contribution in [0.5, 0.6) is 5.75 Å². The Morgan fingerprint density at radius 3 is 2.83 bits per heavy atom. The number of aryl methyl sites for hydroxylation is 1. The van der Waals surface area contributed by atoms with Gasteiger partial charge in [-0.15, -0.1) is 0 Å². The highest BCUT2D eigenvalue weighted by Gasteiger charge is 2.31. The largest absolute Gasteiger partial charge is 0.497 e. The second-order valence-corrected chi connectivity index (χ2v) is 9.78. The molecule has 0 radical (unpaired) electrons. The van der Waals surface area contributed by atoms with Gasteiger partial charge in [-0.3, -0.25) is 9.78 Å². The molecule has 1 aromatic heterocycles. The van der Waals surface area contributed by atoms with Gasteiger partial charge in [0.1, 0.15) is 11.6 Å². The van der Waals surface area contributed by atoms with E-state index in [1.165, 1.54) is 6.07 Å². The number of rotatable bonds is 11. The Morgan fingerprint density at radius 2 is 2.06 bits per heavy atom. The fourth-order valence-electron chi connectivity index (χ4n) is 5.48. The number of benzene rings is 2. The highest BCUT2D eigenvalue weighted by atomic mass is 19.1. The van der Waals surface area contributed by atoms with Crippen LogP contribution < -0.4 is 4.74 Å². The molecular formula is C29H35FN2O4. The minimum atomic E-state index is -0.786. The first-order valence-corrected chi connectivity index (χ1v) is 12.7. The third-order valence-corrected chi connectivity index (χ3v) is 7.44. The normalized spacial score (nSPS) is 19.3. The second kappa shape index (κ2) is 12.3. The maximum atomic E-state index is 13.9. The first-order chi connectivity index (χ1) is 17.4. The molecule has 2 aromatic carbocycles. The lowest BCUT2D eigenvalue weighted by Gasteiger charge is -2.38. The van der Waals surface area contributed by atoms with E-state index in [9.17, 15) is 19.4 Å². The molecule has 0 saturated carbocycles. The van der Waals surface area contributed by atoms with E-state index in [4.69, 9.17) is 4.74 Å². The molecule has 6 nitrogen and oxygen atoms in total. The standard InChI is InChI=1S/C29H35FN2O4/c1-36-23-9-10-27-25(18-23)24(12-14-31-27)28(33)11-8-20-13-16-32(19-22(20)17-29(34)35)15-4-6-21-5-2-3-7-26(21)30/h2-3,5,7,9-10,12,14,18,20,22,28,33H,4,6,8,11,13,15-17,19H2,1H3,(H,34,35)/t20-,22+,28?/m1/s1. The number of fused-ring (bicyclic) bond motifs is 1. The molecule has 7 heteroatoms. The number of piperidine rings is 1. The van der Waals surface area contributed by atoms with Crippen LogP contribution in [0.1, 0.15) is 49.3 Å². The molecule has 1 unspecified atom stereocenters. The zero-order chi connectivity index (χ0) is 25.5. The average molecular weight is 495 g/mol. The molecule has 0 spiro atoms. The third kappa shape index (κ3) is 6.59. The first kappa shape index (κ1) is 26.0. The monoisotopic (exact) mass is 494 g/mol. The number of hydrogen-bond acceptors (Lipinski definition) is 5. The molecule has 1 fully saturated rings. The summed E-state index contributed by atoms with van der Waals surface area (Å²) < 4.78 is 19.2. The maximum Gasteiger partial charge on any atom is 0.303 e. The summed E-state index contributed by atoms with van der Waals surface area (Å²) in [6.45, 7) is 2.44. The number of hydrogen-bond donors (Lipinski definition) is 2. The molecular weight excluding hydrogens is 459 g/mol. The number of carbonyl (C=O) groups is 1. The summed E-state index contributed by atoms with van der Waals surface area (Å²) in [6.07, 6.45) is 4.90. The van der Waals surface area contributed by atoms with Crippen molar-refractivity contribution in [1.29, 1.82) is 0 Å². The predicted octanol–water partition coefficient (Wildman–Crippen LogP) is 5.24. The van der Waals surface area contributed by atoms with E-state index in [0.29, 0.717) is 18.6 Å². The fourth-order valence-corrected chi connectivity index (χ4v) is 5.48. The van der Waals surface area contributed by atoms with Crippen LogP contribution in [0.4, 0.5) is 4.39 Å². The Balaban J connectivity index is 1.35. The van der Waals surface area contributed by atoms with Gasteiger partial charge < -0.3 is 19.8 Å². The summed E-state index contributed by atoms with van der Waals surface area (Å²) in [5, 5.41) is 21.4. The van der Waals surface area contributed by atoms with Gasteiger partial charge in [-0.1, -0.05) is 18.2 Å². The van der Waals surface area contributed by atoms with Crippen molar-refractivity contribution >= 4 is 16.9 Å². The summed E-state index contributed by atoms with van der Waals surface area (Å²) in [5.41, 5.74) is 2.35. The van der Waals surface area contributed by atoms with Crippen LogP contribution in [0.3, 0.4) is 0 Å². The smallest absolute Gasteiger partial charge is 0.303 e. The molecule has 1 aliphatic heterocycles. The summed E-state index contributed by atoms with van der Waals surface area (Å²) in [6, 6.07) is 14.3. The molecule has 1 aliphatic rings. The second-order valence-electron chi connectivity index (χ2n) is 9.78. The molecule has 0 amide bonds. The maximum absolute atomic E-state index is 13.9. The number of pyridine rings is 1. The number of ether oxygens (including phenoxy) is 1. The van der Waals surface area contributed by atoms with Gasteiger partial charge in [0.05, 0.1) is 18.7 Å². The van der Waals surface area contributed by atoms with Crippen molar-refractivity contribution in [3.63, 3.8) is 0 Å². The lowest BCUT2D eigenvalue weighted by molar-refractivity contribution is -0.139. The zero-order valence-electron chi connectivity index (χ0n) is 20.8. The SMILES string of the molecule is COc1ccc2nccc(C(O)CC[C@@H]3CCN(CCCc4ccccc4F)C[C@@H]3CC(=O)O)c2c1. The van der Waals surface area contributed by atoms with E-state index >= 15 is 0 Å². The minimum Gasteiger partial charge on any atom is -0.497 e. The molecule has 3 aromatic rings. The Bertz CT molecular complexity index is 1170. The number of halogens is 1. The van der Waals surface area contributed by atoms with Crippen LogP contribution in [0.25, 0.3) is 10.9 Å². The molecule has 36 heavy (non-hydrogen) atoms. The summed E-state index contributed by atoms with van der Waals surface area (Å²) in [7, 11) is 1.61. The van der Waals surface area contributed by atoms with Gasteiger partial charge in [0.15, 0.2) is 0 Å². The van der Waals surface area contributed by atoms with Gasteiger partial charge in [0, 0.05) is 24.5 Å². The number of methoxy groups -OCH3 is 1. The summed E-state index contributed by atoms with van der Waals surface area (Å²) in [4.78, 5) is 18.3. The molecule has 192 valence electrons. The molecule has 0 bridgehead atoms. The topological polar surface area (TPSA) is 82.9 Å². The van der Waals surface area contributed by atoms with Crippen molar-refractivity contribution in [2.24, 2.45) is 11.8 Å².